The maximum absolute atomic E-state index is 13.0. The molecule has 0 saturated carbocycles. The Morgan fingerprint density at radius 2 is 0.970 bits per heavy atom. The summed E-state index contributed by atoms with van der Waals surface area (Å²) in [7, 11) is 0. The van der Waals surface area contributed by atoms with Crippen molar-refractivity contribution in [3.05, 3.63) is 96.1 Å². The molecule has 0 saturated heterocycles. The molecule has 0 heterocycles. The van der Waals surface area contributed by atoms with Crippen LogP contribution in [0.4, 0.5) is 0 Å². The average Bonchev–Trinajstić information content (AvgIpc) is 2.86. The first-order valence-corrected chi connectivity index (χ1v) is 10.2. The number of carbonyl (C=O) groups is 2. The average molecular weight is 446 g/mol. The van der Waals surface area contributed by atoms with Crippen molar-refractivity contribution >= 4 is 33.5 Å². The first-order chi connectivity index (χ1) is 15.8. The summed E-state index contributed by atoms with van der Waals surface area (Å²) in [5.74, 6) is -2.95. The molecular weight excluding hydrogens is 424 g/mol. The molecule has 0 amide bonds. The molecule has 4 N–H and O–H groups in total. The quantitative estimate of drug-likeness (QED) is 0.264. The fraction of sp³-hybridized carbons (Fsp3) is 0.154. The molecule has 168 valence electrons. The Morgan fingerprint density at radius 1 is 0.606 bits per heavy atom. The summed E-state index contributed by atoms with van der Waals surface area (Å²) in [4.78, 5) is 25.9. The standard InChI is InChI=1S/C26H22O7/c27-15-25(31,21-13-5-9-17-7-1-3-11-19(17)21)23(29)33-24(30)26(32,16-28)22-14-6-10-18-8-2-4-12-20(18)22/h1-14,27-28,31-32H,15-16H2. The zero-order valence-electron chi connectivity index (χ0n) is 17.5. The molecule has 0 aromatic heterocycles. The highest BCUT2D eigenvalue weighted by Gasteiger charge is 2.47. The van der Waals surface area contributed by atoms with Crippen LogP contribution in [0.5, 0.6) is 0 Å². The number of aliphatic hydroxyl groups is 4. The van der Waals surface area contributed by atoms with E-state index in [0.29, 0.717) is 21.5 Å². The molecule has 4 aromatic rings. The lowest BCUT2D eigenvalue weighted by molar-refractivity contribution is -0.191. The molecule has 0 aliphatic carbocycles. The van der Waals surface area contributed by atoms with Crippen LogP contribution in [0.2, 0.25) is 0 Å². The number of ether oxygens (including phenoxy) is 1. The van der Waals surface area contributed by atoms with Crippen LogP contribution in [0.3, 0.4) is 0 Å². The van der Waals surface area contributed by atoms with Crippen molar-refractivity contribution in [3.8, 4) is 0 Å². The van der Waals surface area contributed by atoms with Crippen molar-refractivity contribution in [1.82, 2.24) is 0 Å². The smallest absolute Gasteiger partial charge is 0.353 e. The fourth-order valence-corrected chi connectivity index (χ4v) is 3.94. The van der Waals surface area contributed by atoms with Gasteiger partial charge in [-0.1, -0.05) is 84.9 Å². The molecule has 0 aliphatic rings. The Bertz CT molecular complexity index is 1240. The van der Waals surface area contributed by atoms with Gasteiger partial charge < -0.3 is 25.2 Å². The number of carbonyl (C=O) groups excluding carboxylic acids is 2. The maximum atomic E-state index is 13.0. The van der Waals surface area contributed by atoms with Crippen molar-refractivity contribution in [2.24, 2.45) is 0 Å². The maximum Gasteiger partial charge on any atom is 0.353 e. The van der Waals surface area contributed by atoms with Crippen molar-refractivity contribution in [2.45, 2.75) is 11.2 Å². The van der Waals surface area contributed by atoms with E-state index in [1.54, 1.807) is 72.8 Å². The molecular formula is C26H22O7. The number of fused-ring (bicyclic) bond motifs is 2. The summed E-state index contributed by atoms with van der Waals surface area (Å²) in [6.45, 7) is -2.14. The lowest BCUT2D eigenvalue weighted by atomic mass is 9.88. The first kappa shape index (κ1) is 22.6. The zero-order chi connectivity index (χ0) is 23.6. The van der Waals surface area contributed by atoms with Gasteiger partial charge in [0.25, 0.3) is 0 Å². The summed E-state index contributed by atoms with van der Waals surface area (Å²) < 4.78 is 4.87. The van der Waals surface area contributed by atoms with Gasteiger partial charge in [0.05, 0.1) is 13.2 Å². The number of benzene rings is 4. The Hall–Kier alpha value is -3.62. The monoisotopic (exact) mass is 446 g/mol. The predicted molar refractivity (Wildman–Crippen MR) is 121 cm³/mol. The number of aliphatic hydroxyl groups excluding tert-OH is 2. The number of hydrogen-bond acceptors (Lipinski definition) is 7. The third kappa shape index (κ3) is 3.77. The molecule has 0 spiro atoms. The molecule has 7 heteroatoms. The van der Waals surface area contributed by atoms with Gasteiger partial charge in [0.1, 0.15) is 0 Å². The van der Waals surface area contributed by atoms with Gasteiger partial charge in [-0.15, -0.1) is 0 Å². The summed E-state index contributed by atoms with van der Waals surface area (Å²) >= 11 is 0. The van der Waals surface area contributed by atoms with E-state index in [4.69, 9.17) is 4.74 Å². The molecule has 4 rings (SSSR count). The SMILES string of the molecule is O=C(OC(=O)C(O)(CO)c1cccc2ccccc12)C(O)(CO)c1cccc2ccccc12. The van der Waals surface area contributed by atoms with Crippen LogP contribution in [0.25, 0.3) is 21.5 Å². The number of hydrogen-bond donors (Lipinski definition) is 4. The third-order valence-corrected chi connectivity index (χ3v) is 5.79. The van der Waals surface area contributed by atoms with Crippen molar-refractivity contribution in [3.63, 3.8) is 0 Å². The summed E-state index contributed by atoms with van der Waals surface area (Å²) in [6.07, 6.45) is 0. The molecule has 0 bridgehead atoms. The van der Waals surface area contributed by atoms with Gasteiger partial charge in [-0.3, -0.25) is 0 Å². The fourth-order valence-electron chi connectivity index (χ4n) is 3.94. The van der Waals surface area contributed by atoms with Gasteiger partial charge in [-0.05, 0) is 21.5 Å². The van der Waals surface area contributed by atoms with Crippen LogP contribution in [-0.4, -0.2) is 45.6 Å². The van der Waals surface area contributed by atoms with Crippen molar-refractivity contribution in [2.75, 3.05) is 13.2 Å². The minimum Gasteiger partial charge on any atom is -0.392 e. The van der Waals surface area contributed by atoms with Crippen LogP contribution in [0.15, 0.2) is 84.9 Å². The third-order valence-electron chi connectivity index (χ3n) is 5.79. The van der Waals surface area contributed by atoms with E-state index in [9.17, 15) is 30.0 Å². The lowest BCUT2D eigenvalue weighted by Gasteiger charge is -2.29. The van der Waals surface area contributed by atoms with Crippen molar-refractivity contribution < 1.29 is 34.8 Å². The van der Waals surface area contributed by atoms with E-state index in [2.05, 4.69) is 0 Å². The minimum absolute atomic E-state index is 0.0404. The Balaban J connectivity index is 1.72. The molecule has 0 aliphatic heterocycles. The zero-order valence-corrected chi connectivity index (χ0v) is 17.5. The molecule has 7 nitrogen and oxygen atoms in total. The van der Waals surface area contributed by atoms with E-state index in [1.165, 1.54) is 12.1 Å². The Kier molecular flexibility index (Phi) is 5.97. The largest absolute Gasteiger partial charge is 0.392 e. The van der Waals surface area contributed by atoms with E-state index >= 15 is 0 Å². The van der Waals surface area contributed by atoms with Crippen LogP contribution < -0.4 is 0 Å². The highest BCUT2D eigenvalue weighted by Crippen LogP contribution is 2.33. The molecule has 2 atom stereocenters. The summed E-state index contributed by atoms with van der Waals surface area (Å²) in [5, 5.41) is 44.3. The second kappa shape index (κ2) is 8.73. The van der Waals surface area contributed by atoms with Gasteiger partial charge >= 0.3 is 11.9 Å². The van der Waals surface area contributed by atoms with Crippen LogP contribution >= 0.6 is 0 Å². The highest BCUT2D eigenvalue weighted by atomic mass is 16.6. The van der Waals surface area contributed by atoms with Crippen LogP contribution in [0, 0.1) is 0 Å². The van der Waals surface area contributed by atoms with Gasteiger partial charge in [-0.2, -0.15) is 0 Å². The number of rotatable bonds is 6. The summed E-state index contributed by atoms with van der Waals surface area (Å²) in [5.41, 5.74) is -5.07. The van der Waals surface area contributed by atoms with E-state index in [1.807, 2.05) is 0 Å². The molecule has 2 unspecified atom stereocenters. The highest BCUT2D eigenvalue weighted by molar-refractivity contribution is 6.00. The Labute approximate surface area is 189 Å². The second-order valence-corrected chi connectivity index (χ2v) is 7.77. The molecule has 33 heavy (non-hydrogen) atoms. The van der Waals surface area contributed by atoms with E-state index in [-0.39, 0.29) is 11.1 Å². The van der Waals surface area contributed by atoms with Crippen molar-refractivity contribution in [1.29, 1.82) is 0 Å². The minimum atomic E-state index is -2.58. The predicted octanol–water partition coefficient (Wildman–Crippen LogP) is 2.12. The Morgan fingerprint density at radius 3 is 1.36 bits per heavy atom. The van der Waals surface area contributed by atoms with Gasteiger partial charge in [0.2, 0.25) is 11.2 Å². The topological polar surface area (TPSA) is 124 Å². The molecule has 0 radical (unpaired) electrons. The first-order valence-electron chi connectivity index (χ1n) is 10.2. The molecule has 0 fully saturated rings. The van der Waals surface area contributed by atoms with E-state index < -0.39 is 36.4 Å². The van der Waals surface area contributed by atoms with E-state index in [0.717, 1.165) is 0 Å². The van der Waals surface area contributed by atoms with Crippen LogP contribution in [0.1, 0.15) is 11.1 Å². The van der Waals surface area contributed by atoms with Gasteiger partial charge in [-0.25, -0.2) is 9.59 Å². The molecule has 4 aromatic carbocycles. The van der Waals surface area contributed by atoms with Crippen LogP contribution in [-0.2, 0) is 25.5 Å². The number of esters is 2. The van der Waals surface area contributed by atoms with Gasteiger partial charge in [0.15, 0.2) is 0 Å². The normalized spacial score (nSPS) is 15.0. The summed E-state index contributed by atoms with van der Waals surface area (Å²) in [6, 6.07) is 23.4. The lowest BCUT2D eigenvalue weighted by Crippen LogP contribution is -2.47. The van der Waals surface area contributed by atoms with Gasteiger partial charge in [0, 0.05) is 11.1 Å². The second-order valence-electron chi connectivity index (χ2n) is 7.77.